The van der Waals surface area contributed by atoms with E-state index in [9.17, 15) is 9.90 Å². The Hall–Kier alpha value is -2.30. The molecule has 2 N–H and O–H groups in total. The third-order valence-electron chi connectivity index (χ3n) is 4.13. The highest BCUT2D eigenvalue weighted by Gasteiger charge is 2.22. The molecule has 0 aliphatic heterocycles. The van der Waals surface area contributed by atoms with Gasteiger partial charge in [-0.2, -0.15) is 0 Å². The summed E-state index contributed by atoms with van der Waals surface area (Å²) < 4.78 is 0. The van der Waals surface area contributed by atoms with Crippen LogP contribution in [0, 0.1) is 0 Å². The fourth-order valence-electron chi connectivity index (χ4n) is 2.55. The molecule has 2 aromatic rings. The van der Waals surface area contributed by atoms with Crippen molar-refractivity contribution in [2.75, 3.05) is 6.54 Å². The molecule has 5 nitrogen and oxygen atoms in total. The number of benzene rings is 1. The summed E-state index contributed by atoms with van der Waals surface area (Å²) in [5.41, 5.74) is 3.26. The van der Waals surface area contributed by atoms with Crippen LogP contribution in [0.5, 0.6) is 0 Å². The van der Waals surface area contributed by atoms with E-state index < -0.39 is 6.09 Å². The van der Waals surface area contributed by atoms with E-state index >= 15 is 0 Å². The van der Waals surface area contributed by atoms with Crippen LogP contribution in [0.15, 0.2) is 30.5 Å². The molecule has 1 aromatic heterocycles. The average molecular weight is 315 g/mol. The van der Waals surface area contributed by atoms with Crippen molar-refractivity contribution >= 4 is 6.09 Å². The molecule has 5 heteroatoms. The number of unbranched alkanes of at least 4 members (excludes halogenated alkanes) is 1. The van der Waals surface area contributed by atoms with E-state index in [1.807, 2.05) is 6.92 Å². The van der Waals surface area contributed by atoms with Crippen LogP contribution in [-0.4, -0.2) is 32.6 Å². The zero-order chi connectivity index (χ0) is 16.8. The molecule has 0 aliphatic carbocycles. The molecule has 0 aliphatic rings. The summed E-state index contributed by atoms with van der Waals surface area (Å²) in [5, 5.41) is 9.40. The molecule has 0 bridgehead atoms. The summed E-state index contributed by atoms with van der Waals surface area (Å²) in [6.45, 7) is 6.57. The molecular formula is C18H25N3O2. The van der Waals surface area contributed by atoms with Crippen molar-refractivity contribution in [2.45, 2.75) is 46.1 Å². The molecule has 23 heavy (non-hydrogen) atoms. The number of nitrogens with one attached hydrogen (secondary N) is 1. The van der Waals surface area contributed by atoms with E-state index in [0.717, 1.165) is 30.5 Å². The Morgan fingerprint density at radius 2 is 2.00 bits per heavy atom. The quantitative estimate of drug-likeness (QED) is 0.791. The molecule has 0 saturated carbocycles. The highest BCUT2D eigenvalue weighted by molar-refractivity contribution is 5.65. The van der Waals surface area contributed by atoms with Gasteiger partial charge in [0.15, 0.2) is 0 Å². The van der Waals surface area contributed by atoms with Gasteiger partial charge in [-0.25, -0.2) is 9.78 Å². The second-order valence-corrected chi connectivity index (χ2v) is 5.74. The van der Waals surface area contributed by atoms with Crippen molar-refractivity contribution in [3.63, 3.8) is 0 Å². The number of hydrogen-bond donors (Lipinski definition) is 2. The van der Waals surface area contributed by atoms with Crippen LogP contribution < -0.4 is 0 Å². The molecule has 1 unspecified atom stereocenters. The fourth-order valence-corrected chi connectivity index (χ4v) is 2.55. The fraction of sp³-hybridized carbons (Fsp3) is 0.444. The minimum Gasteiger partial charge on any atom is -0.465 e. The molecule has 0 saturated heterocycles. The van der Waals surface area contributed by atoms with Crippen LogP contribution in [0.25, 0.3) is 11.3 Å². The molecule has 2 rings (SSSR count). The number of aryl methyl sites for hydroxylation is 1. The van der Waals surface area contributed by atoms with Gasteiger partial charge in [0, 0.05) is 6.54 Å². The Kier molecular flexibility index (Phi) is 5.79. The Morgan fingerprint density at radius 3 is 2.57 bits per heavy atom. The zero-order valence-corrected chi connectivity index (χ0v) is 14.0. The topological polar surface area (TPSA) is 69.2 Å². The summed E-state index contributed by atoms with van der Waals surface area (Å²) in [4.78, 5) is 20.5. The van der Waals surface area contributed by atoms with Gasteiger partial charge in [-0.15, -0.1) is 0 Å². The molecule has 0 fully saturated rings. The second kappa shape index (κ2) is 7.81. The lowest BCUT2D eigenvalue weighted by Crippen LogP contribution is -2.33. The predicted octanol–water partition coefficient (Wildman–Crippen LogP) is 4.48. The number of imidazole rings is 1. The lowest BCUT2D eigenvalue weighted by Gasteiger charge is -2.24. The average Bonchev–Trinajstić information content (AvgIpc) is 3.05. The molecular weight excluding hydrogens is 290 g/mol. The van der Waals surface area contributed by atoms with Crippen LogP contribution in [0.1, 0.15) is 51.0 Å². The van der Waals surface area contributed by atoms with Crippen molar-refractivity contribution in [3.8, 4) is 11.3 Å². The summed E-state index contributed by atoms with van der Waals surface area (Å²) in [5.74, 6) is 0.679. The summed E-state index contributed by atoms with van der Waals surface area (Å²) in [6, 6.07) is 8.04. The van der Waals surface area contributed by atoms with Crippen molar-refractivity contribution in [3.05, 3.63) is 41.9 Å². The predicted molar refractivity (Wildman–Crippen MR) is 91.5 cm³/mol. The maximum atomic E-state index is 11.5. The minimum atomic E-state index is -0.906. The van der Waals surface area contributed by atoms with Crippen molar-refractivity contribution < 1.29 is 9.90 Å². The normalized spacial score (nSPS) is 12.1. The standard InChI is InChI=1S/C18H25N3O2/c1-4-6-11-21(18(22)23)13(3)17-19-12-16(20-17)15-9-7-14(5-2)8-10-15/h7-10,12-13H,4-6,11H2,1-3H3,(H,19,20)(H,22,23). The van der Waals surface area contributed by atoms with Gasteiger partial charge >= 0.3 is 6.09 Å². The van der Waals surface area contributed by atoms with Gasteiger partial charge < -0.3 is 10.1 Å². The monoisotopic (exact) mass is 315 g/mol. The SMILES string of the molecule is CCCCN(C(=O)O)C(C)c1ncc(-c2ccc(CC)cc2)[nH]1. The summed E-state index contributed by atoms with van der Waals surface area (Å²) >= 11 is 0. The second-order valence-electron chi connectivity index (χ2n) is 5.74. The third-order valence-corrected chi connectivity index (χ3v) is 4.13. The van der Waals surface area contributed by atoms with Gasteiger partial charge in [-0.05, 0) is 30.9 Å². The first-order valence-corrected chi connectivity index (χ1v) is 8.20. The van der Waals surface area contributed by atoms with Crippen LogP contribution in [0.2, 0.25) is 0 Å². The Balaban J connectivity index is 2.17. The van der Waals surface area contributed by atoms with E-state index in [1.54, 1.807) is 6.20 Å². The first-order valence-electron chi connectivity index (χ1n) is 8.20. The van der Waals surface area contributed by atoms with E-state index in [2.05, 4.69) is 48.1 Å². The molecule has 1 amide bonds. The molecule has 0 radical (unpaired) electrons. The molecule has 124 valence electrons. The van der Waals surface area contributed by atoms with Gasteiger partial charge in [0.1, 0.15) is 5.82 Å². The van der Waals surface area contributed by atoms with Crippen LogP contribution in [0.3, 0.4) is 0 Å². The van der Waals surface area contributed by atoms with Gasteiger partial charge in [0.05, 0.1) is 17.9 Å². The van der Waals surface area contributed by atoms with Crippen LogP contribution >= 0.6 is 0 Å². The van der Waals surface area contributed by atoms with Crippen molar-refractivity contribution in [1.82, 2.24) is 14.9 Å². The number of nitrogens with zero attached hydrogens (tertiary/aromatic N) is 2. The lowest BCUT2D eigenvalue weighted by molar-refractivity contribution is 0.125. The number of hydrogen-bond acceptors (Lipinski definition) is 2. The summed E-state index contributed by atoms with van der Waals surface area (Å²) in [6.07, 6.45) is 3.69. The van der Waals surface area contributed by atoms with Crippen LogP contribution in [-0.2, 0) is 6.42 Å². The number of aromatic nitrogens is 2. The third kappa shape index (κ3) is 4.12. The summed E-state index contributed by atoms with van der Waals surface area (Å²) in [7, 11) is 0. The van der Waals surface area contributed by atoms with Gasteiger partial charge in [0.25, 0.3) is 0 Å². The number of carbonyl (C=O) groups is 1. The highest BCUT2D eigenvalue weighted by Crippen LogP contribution is 2.23. The maximum absolute atomic E-state index is 11.5. The van der Waals surface area contributed by atoms with E-state index in [0.29, 0.717) is 12.4 Å². The molecule has 1 aromatic carbocycles. The van der Waals surface area contributed by atoms with Crippen molar-refractivity contribution in [1.29, 1.82) is 0 Å². The van der Waals surface area contributed by atoms with Crippen LogP contribution in [0.4, 0.5) is 4.79 Å². The lowest BCUT2D eigenvalue weighted by atomic mass is 10.1. The Labute approximate surface area is 137 Å². The maximum Gasteiger partial charge on any atom is 0.407 e. The number of rotatable bonds is 7. The minimum absolute atomic E-state index is 0.289. The largest absolute Gasteiger partial charge is 0.465 e. The van der Waals surface area contributed by atoms with Gasteiger partial charge in [-0.1, -0.05) is 44.5 Å². The van der Waals surface area contributed by atoms with E-state index in [4.69, 9.17) is 0 Å². The smallest absolute Gasteiger partial charge is 0.407 e. The molecule has 1 atom stereocenters. The number of aromatic amines is 1. The zero-order valence-electron chi connectivity index (χ0n) is 14.0. The van der Waals surface area contributed by atoms with E-state index in [-0.39, 0.29) is 6.04 Å². The van der Waals surface area contributed by atoms with Gasteiger partial charge in [-0.3, -0.25) is 4.90 Å². The highest BCUT2D eigenvalue weighted by atomic mass is 16.4. The number of H-pyrrole nitrogens is 1. The van der Waals surface area contributed by atoms with Gasteiger partial charge in [0.2, 0.25) is 0 Å². The molecule has 0 spiro atoms. The van der Waals surface area contributed by atoms with E-state index in [1.165, 1.54) is 10.5 Å². The first-order chi connectivity index (χ1) is 11.1. The number of amides is 1. The molecule has 1 heterocycles. The number of carboxylic acid groups (broad SMARTS) is 1. The first kappa shape index (κ1) is 17.1. The Bertz CT molecular complexity index is 634. The van der Waals surface area contributed by atoms with Crippen molar-refractivity contribution in [2.24, 2.45) is 0 Å². The Morgan fingerprint density at radius 1 is 1.30 bits per heavy atom.